The van der Waals surface area contributed by atoms with E-state index in [1.807, 2.05) is 0 Å². The summed E-state index contributed by atoms with van der Waals surface area (Å²) >= 11 is 6.31. The van der Waals surface area contributed by atoms with Crippen molar-refractivity contribution < 1.29 is 54.6 Å². The van der Waals surface area contributed by atoms with Crippen LogP contribution < -0.4 is 5.32 Å². The Bertz CT molecular complexity index is 1680. The van der Waals surface area contributed by atoms with Crippen molar-refractivity contribution in [2.24, 2.45) is 0 Å². The highest BCUT2D eigenvalue weighted by Crippen LogP contribution is 2.50. The minimum absolute atomic E-state index is 0.00563. The Kier molecular flexibility index (Phi) is 8.23. The molecule has 8 nitrogen and oxygen atoms in total. The third-order valence-electron chi connectivity index (χ3n) is 6.94. The fourth-order valence-corrected chi connectivity index (χ4v) is 5.70. The van der Waals surface area contributed by atoms with Crippen LogP contribution in [0.15, 0.2) is 65.6 Å². The quantitative estimate of drug-likeness (QED) is 0.294. The van der Waals surface area contributed by atoms with Gasteiger partial charge in [0.15, 0.2) is 9.84 Å². The van der Waals surface area contributed by atoms with Crippen molar-refractivity contribution in [3.63, 3.8) is 0 Å². The fourth-order valence-electron chi connectivity index (χ4n) is 4.74. The van der Waals surface area contributed by atoms with Crippen LogP contribution in [0, 0.1) is 0 Å². The molecular weight excluding hydrogens is 630 g/mol. The van der Waals surface area contributed by atoms with Gasteiger partial charge in [-0.25, -0.2) is 13.2 Å². The molecule has 0 saturated carbocycles. The van der Waals surface area contributed by atoms with Gasteiger partial charge in [-0.2, -0.15) is 26.3 Å². The van der Waals surface area contributed by atoms with E-state index < -0.39 is 51.4 Å². The second-order valence-corrected chi connectivity index (χ2v) is 12.2. The molecule has 3 aromatic rings. The maximum Gasteiger partial charge on any atom is 0.430 e. The highest BCUT2D eigenvalue weighted by atomic mass is 35.5. The van der Waals surface area contributed by atoms with Crippen LogP contribution in [0.3, 0.4) is 0 Å². The summed E-state index contributed by atoms with van der Waals surface area (Å²) in [6, 6.07) is 9.32. The molecule has 230 valence electrons. The number of carboxylic acid groups (broad SMARTS) is 1. The van der Waals surface area contributed by atoms with Gasteiger partial charge in [-0.05, 0) is 47.4 Å². The average Bonchev–Trinajstić information content (AvgIpc) is 2.90. The molecule has 0 fully saturated rings. The van der Waals surface area contributed by atoms with Crippen LogP contribution in [0.25, 0.3) is 11.1 Å². The Hall–Kier alpha value is -3.82. The SMILES string of the molecule is CS(=O)(=O)c1ccc2c(c1)CCN(C(=O)O)C2C(=O)Nc1ccc(-c2ccc(C(O)(C(F)(F)F)C(F)(F)F)cc2)c(Cl)c1. The average molecular weight is 651 g/mol. The predicted molar refractivity (Wildman–Crippen MR) is 142 cm³/mol. The minimum Gasteiger partial charge on any atom is -0.465 e. The Morgan fingerprint density at radius 3 is 2.07 bits per heavy atom. The van der Waals surface area contributed by atoms with Crippen molar-refractivity contribution in [2.45, 2.75) is 35.3 Å². The second-order valence-electron chi connectivity index (χ2n) is 9.73. The van der Waals surface area contributed by atoms with E-state index in [0.29, 0.717) is 17.7 Å². The number of carbonyl (C=O) groups is 2. The number of hydrogen-bond donors (Lipinski definition) is 3. The molecule has 1 heterocycles. The van der Waals surface area contributed by atoms with Crippen molar-refractivity contribution in [2.75, 3.05) is 18.1 Å². The molecule has 0 spiro atoms. The van der Waals surface area contributed by atoms with Crippen LogP contribution in [0.1, 0.15) is 22.7 Å². The van der Waals surface area contributed by atoms with Gasteiger partial charge in [-0.1, -0.05) is 48.0 Å². The van der Waals surface area contributed by atoms with Gasteiger partial charge in [0.25, 0.3) is 11.5 Å². The van der Waals surface area contributed by atoms with E-state index in [0.717, 1.165) is 23.3 Å². The lowest BCUT2D eigenvalue weighted by atomic mass is 9.90. The van der Waals surface area contributed by atoms with Crippen molar-refractivity contribution in [1.82, 2.24) is 4.90 Å². The van der Waals surface area contributed by atoms with Gasteiger partial charge in [0.1, 0.15) is 6.04 Å². The Balaban J connectivity index is 1.61. The molecule has 1 aliphatic rings. The largest absolute Gasteiger partial charge is 0.465 e. The Morgan fingerprint density at radius 1 is 0.953 bits per heavy atom. The molecule has 0 aromatic heterocycles. The Labute approximate surface area is 245 Å². The number of alkyl halides is 6. The van der Waals surface area contributed by atoms with Crippen LogP contribution in [-0.2, 0) is 26.7 Å². The van der Waals surface area contributed by atoms with Crippen LogP contribution >= 0.6 is 11.6 Å². The third-order valence-corrected chi connectivity index (χ3v) is 8.36. The summed E-state index contributed by atoms with van der Waals surface area (Å²) in [5.41, 5.74) is -5.45. The minimum atomic E-state index is -6.05. The highest BCUT2D eigenvalue weighted by molar-refractivity contribution is 7.90. The number of amides is 2. The molecule has 0 aliphatic carbocycles. The van der Waals surface area contributed by atoms with Crippen molar-refractivity contribution >= 4 is 39.1 Å². The molecule has 0 saturated heterocycles. The molecule has 0 bridgehead atoms. The number of rotatable bonds is 5. The molecule has 3 aromatic carbocycles. The molecule has 2 amide bonds. The first-order chi connectivity index (χ1) is 19.8. The summed E-state index contributed by atoms with van der Waals surface area (Å²) < 4.78 is 103. The lowest BCUT2D eigenvalue weighted by Crippen LogP contribution is -2.53. The number of fused-ring (bicyclic) bond motifs is 1. The second kappa shape index (κ2) is 11.0. The zero-order valence-electron chi connectivity index (χ0n) is 21.8. The summed E-state index contributed by atoms with van der Waals surface area (Å²) in [5.74, 6) is -0.790. The number of benzene rings is 3. The number of halogens is 7. The number of hydrogen-bond acceptors (Lipinski definition) is 5. The molecule has 4 rings (SSSR count). The van der Waals surface area contributed by atoms with E-state index in [-0.39, 0.29) is 45.3 Å². The van der Waals surface area contributed by atoms with E-state index >= 15 is 0 Å². The van der Waals surface area contributed by atoms with E-state index in [1.54, 1.807) is 0 Å². The van der Waals surface area contributed by atoms with Gasteiger partial charge < -0.3 is 15.5 Å². The first-order valence-electron chi connectivity index (χ1n) is 12.2. The molecular formula is C27H21ClF6N2O6S. The maximum atomic E-state index is 13.3. The molecule has 1 unspecified atom stereocenters. The number of nitrogens with zero attached hydrogens (tertiary/aromatic N) is 1. The van der Waals surface area contributed by atoms with E-state index in [1.165, 1.54) is 36.4 Å². The molecule has 16 heteroatoms. The lowest BCUT2D eigenvalue weighted by molar-refractivity contribution is -0.376. The maximum absolute atomic E-state index is 13.3. The fraction of sp³-hybridized carbons (Fsp3) is 0.259. The smallest absolute Gasteiger partial charge is 0.430 e. The topological polar surface area (TPSA) is 124 Å². The van der Waals surface area contributed by atoms with Gasteiger partial charge in [-0.3, -0.25) is 9.69 Å². The van der Waals surface area contributed by atoms with Gasteiger partial charge in [0, 0.05) is 29.6 Å². The van der Waals surface area contributed by atoms with Gasteiger partial charge >= 0.3 is 18.4 Å². The highest BCUT2D eigenvalue weighted by Gasteiger charge is 2.71. The zero-order chi connectivity index (χ0) is 32.1. The summed E-state index contributed by atoms with van der Waals surface area (Å²) in [5, 5.41) is 21.7. The van der Waals surface area contributed by atoms with Crippen LogP contribution in [0.4, 0.5) is 36.8 Å². The van der Waals surface area contributed by atoms with E-state index in [2.05, 4.69) is 5.32 Å². The third kappa shape index (κ3) is 6.01. The van der Waals surface area contributed by atoms with E-state index in [9.17, 15) is 54.6 Å². The van der Waals surface area contributed by atoms with Crippen molar-refractivity contribution in [1.29, 1.82) is 0 Å². The first kappa shape index (κ1) is 32.1. The van der Waals surface area contributed by atoms with Gasteiger partial charge in [0.05, 0.1) is 9.92 Å². The van der Waals surface area contributed by atoms with Crippen LogP contribution in [0.2, 0.25) is 5.02 Å². The summed E-state index contributed by atoms with van der Waals surface area (Å²) in [7, 11) is -3.56. The van der Waals surface area contributed by atoms with E-state index in [4.69, 9.17) is 11.6 Å². The molecule has 0 radical (unpaired) electrons. The molecule has 3 N–H and O–H groups in total. The van der Waals surface area contributed by atoms with Crippen molar-refractivity contribution in [3.05, 3.63) is 82.4 Å². The molecule has 43 heavy (non-hydrogen) atoms. The Morgan fingerprint density at radius 2 is 1.56 bits per heavy atom. The number of aliphatic hydroxyl groups is 1. The zero-order valence-corrected chi connectivity index (χ0v) is 23.4. The van der Waals surface area contributed by atoms with Crippen LogP contribution in [0.5, 0.6) is 0 Å². The standard InChI is InChI=1S/C27H21ClF6N2O6S/c1-43(41,42)18-7-9-20-15(12-18)10-11-36(24(38)39)22(20)23(37)35-17-6-8-19(21(28)13-17)14-2-4-16(5-3-14)25(40,26(29,30)31)27(32,33)34/h2-9,12-13,22,40H,10-11H2,1H3,(H,35,37)(H,38,39). The van der Waals surface area contributed by atoms with Gasteiger partial charge in [0.2, 0.25) is 0 Å². The number of nitrogens with one attached hydrogen (secondary N) is 1. The first-order valence-corrected chi connectivity index (χ1v) is 14.4. The van der Waals surface area contributed by atoms with Crippen LogP contribution in [-0.4, -0.2) is 60.7 Å². The monoisotopic (exact) mass is 650 g/mol. The molecule has 1 aliphatic heterocycles. The normalized spacial score (nSPS) is 16.0. The number of sulfone groups is 1. The molecule has 1 atom stereocenters. The predicted octanol–water partition coefficient (Wildman–Crippen LogP) is 5.94. The van der Waals surface area contributed by atoms with Crippen molar-refractivity contribution in [3.8, 4) is 11.1 Å². The summed E-state index contributed by atoms with van der Waals surface area (Å²) in [6.07, 6.45) is -12.3. The summed E-state index contributed by atoms with van der Waals surface area (Å²) in [4.78, 5) is 26.1. The lowest BCUT2D eigenvalue weighted by Gasteiger charge is -2.34. The number of carbonyl (C=O) groups excluding carboxylic acids is 1. The summed E-state index contributed by atoms with van der Waals surface area (Å²) in [6.45, 7) is -0.0961. The van der Waals surface area contributed by atoms with Gasteiger partial charge in [-0.15, -0.1) is 0 Å². The number of anilines is 1.